The normalized spacial score (nSPS) is 11.7. The average Bonchev–Trinajstić information content (AvgIpc) is 2.69. The van der Waals surface area contributed by atoms with Gasteiger partial charge in [-0.1, -0.05) is 73.4 Å². The van der Waals surface area contributed by atoms with Gasteiger partial charge in [-0.3, -0.25) is 9.59 Å². The Balaban J connectivity index is 2.28. The lowest BCUT2D eigenvalue weighted by atomic mass is 10.1. The van der Waals surface area contributed by atoms with Crippen LogP contribution in [-0.4, -0.2) is 29.3 Å². The van der Waals surface area contributed by atoms with Crippen LogP contribution in [0, 0.1) is 0 Å². The zero-order valence-electron chi connectivity index (χ0n) is 16.3. The van der Waals surface area contributed by atoms with Gasteiger partial charge in [0.25, 0.3) is 0 Å². The largest absolute Gasteiger partial charge is 0.354 e. The van der Waals surface area contributed by atoms with Crippen molar-refractivity contribution in [1.29, 1.82) is 0 Å². The lowest BCUT2D eigenvalue weighted by Crippen LogP contribution is -2.49. The van der Waals surface area contributed by atoms with Crippen molar-refractivity contribution >= 4 is 35.0 Å². The van der Waals surface area contributed by atoms with E-state index in [0.717, 1.165) is 17.5 Å². The molecule has 0 heterocycles. The van der Waals surface area contributed by atoms with Crippen LogP contribution < -0.4 is 5.32 Å². The summed E-state index contributed by atoms with van der Waals surface area (Å²) in [6, 6.07) is 14.3. The van der Waals surface area contributed by atoms with E-state index in [4.69, 9.17) is 23.2 Å². The number of hydrogen-bond acceptors (Lipinski definition) is 2. The van der Waals surface area contributed by atoms with Gasteiger partial charge in [0, 0.05) is 13.1 Å². The van der Waals surface area contributed by atoms with Gasteiger partial charge >= 0.3 is 0 Å². The Bertz CT molecular complexity index is 796. The maximum Gasteiger partial charge on any atom is 0.242 e. The van der Waals surface area contributed by atoms with Crippen LogP contribution in [0.1, 0.15) is 37.8 Å². The second-order valence-corrected chi connectivity index (χ2v) is 7.46. The molecule has 0 spiro atoms. The van der Waals surface area contributed by atoms with Crippen LogP contribution in [0.15, 0.2) is 48.5 Å². The van der Waals surface area contributed by atoms with Crippen LogP contribution in [-0.2, 0) is 22.6 Å². The minimum absolute atomic E-state index is 0.101. The second-order valence-electron chi connectivity index (χ2n) is 6.65. The van der Waals surface area contributed by atoms with Gasteiger partial charge in [0.1, 0.15) is 6.04 Å². The first-order valence-corrected chi connectivity index (χ1v) is 10.3. The molecule has 0 fully saturated rings. The van der Waals surface area contributed by atoms with Gasteiger partial charge in [-0.05, 0) is 36.1 Å². The summed E-state index contributed by atoms with van der Waals surface area (Å²) in [5.41, 5.74) is 1.74. The molecule has 0 aliphatic heterocycles. The van der Waals surface area contributed by atoms with Crippen molar-refractivity contribution in [3.8, 4) is 0 Å². The fraction of sp³-hybridized carbons (Fsp3) is 0.364. The second kappa shape index (κ2) is 11.1. The maximum absolute atomic E-state index is 13.1. The van der Waals surface area contributed by atoms with Crippen LogP contribution in [0.5, 0.6) is 0 Å². The van der Waals surface area contributed by atoms with Gasteiger partial charge in [-0.2, -0.15) is 0 Å². The average molecular weight is 421 g/mol. The number of carbonyl (C=O) groups excluding carboxylic acids is 2. The number of halogens is 2. The molecule has 0 saturated heterocycles. The standard InChI is InChI=1S/C22H26Cl2N2O2/c1-3-12-25-22(28)20(4-2)26(15-17-10-11-18(23)19(24)13-17)21(27)14-16-8-6-5-7-9-16/h5-11,13,20H,3-4,12,14-15H2,1-2H3,(H,25,28)/t20-/m0/s1. The molecule has 1 N–H and O–H groups in total. The van der Waals surface area contributed by atoms with Gasteiger partial charge < -0.3 is 10.2 Å². The number of nitrogens with one attached hydrogen (secondary N) is 1. The van der Waals surface area contributed by atoms with Crippen LogP contribution in [0.25, 0.3) is 0 Å². The lowest BCUT2D eigenvalue weighted by Gasteiger charge is -2.31. The van der Waals surface area contributed by atoms with Crippen molar-refractivity contribution in [1.82, 2.24) is 10.2 Å². The summed E-state index contributed by atoms with van der Waals surface area (Å²) in [5, 5.41) is 3.80. The third-order valence-electron chi connectivity index (χ3n) is 4.47. The summed E-state index contributed by atoms with van der Waals surface area (Å²) in [6.07, 6.45) is 1.60. The predicted octanol–water partition coefficient (Wildman–Crippen LogP) is 4.87. The zero-order chi connectivity index (χ0) is 20.5. The zero-order valence-corrected chi connectivity index (χ0v) is 17.8. The minimum atomic E-state index is -0.544. The topological polar surface area (TPSA) is 49.4 Å². The Hall–Kier alpha value is -2.04. The van der Waals surface area contributed by atoms with E-state index in [2.05, 4.69) is 5.32 Å². The molecular weight excluding hydrogens is 395 g/mol. The van der Waals surface area contributed by atoms with Crippen molar-refractivity contribution in [2.75, 3.05) is 6.54 Å². The van der Waals surface area contributed by atoms with Crippen molar-refractivity contribution in [2.24, 2.45) is 0 Å². The number of hydrogen-bond donors (Lipinski definition) is 1. The number of benzene rings is 2. The molecule has 2 aromatic rings. The number of amides is 2. The molecule has 0 aromatic heterocycles. The number of nitrogens with zero attached hydrogens (tertiary/aromatic N) is 1. The molecule has 2 aromatic carbocycles. The summed E-state index contributed by atoms with van der Waals surface area (Å²) in [6.45, 7) is 4.78. The molecule has 0 aliphatic carbocycles. The number of rotatable bonds is 9. The molecule has 0 radical (unpaired) electrons. The third-order valence-corrected chi connectivity index (χ3v) is 5.21. The molecular formula is C22H26Cl2N2O2. The summed E-state index contributed by atoms with van der Waals surface area (Å²) < 4.78 is 0. The lowest BCUT2D eigenvalue weighted by molar-refractivity contribution is -0.140. The fourth-order valence-corrected chi connectivity index (χ4v) is 3.31. The summed E-state index contributed by atoms with van der Waals surface area (Å²) in [5.74, 6) is -0.235. The van der Waals surface area contributed by atoms with E-state index < -0.39 is 6.04 Å². The molecule has 2 amide bonds. The molecule has 0 bridgehead atoms. The Kier molecular flexibility index (Phi) is 8.81. The fourth-order valence-electron chi connectivity index (χ4n) is 2.99. The Morgan fingerprint density at radius 3 is 2.32 bits per heavy atom. The van der Waals surface area contributed by atoms with Crippen molar-refractivity contribution in [2.45, 2.75) is 45.7 Å². The first kappa shape index (κ1) is 22.3. The molecule has 1 atom stereocenters. The highest BCUT2D eigenvalue weighted by Gasteiger charge is 2.28. The van der Waals surface area contributed by atoms with Crippen molar-refractivity contribution in [3.63, 3.8) is 0 Å². The first-order valence-electron chi connectivity index (χ1n) is 9.51. The van der Waals surface area contributed by atoms with E-state index in [9.17, 15) is 9.59 Å². The van der Waals surface area contributed by atoms with Gasteiger partial charge in [0.2, 0.25) is 11.8 Å². The number of carbonyl (C=O) groups is 2. The smallest absolute Gasteiger partial charge is 0.242 e. The monoisotopic (exact) mass is 420 g/mol. The van der Waals surface area contributed by atoms with Crippen molar-refractivity contribution < 1.29 is 9.59 Å². The predicted molar refractivity (Wildman–Crippen MR) is 115 cm³/mol. The maximum atomic E-state index is 13.1. The van der Waals surface area contributed by atoms with E-state index in [-0.39, 0.29) is 18.2 Å². The van der Waals surface area contributed by atoms with E-state index in [1.54, 1.807) is 17.0 Å². The molecule has 0 aliphatic rings. The third kappa shape index (κ3) is 6.25. The highest BCUT2D eigenvalue weighted by atomic mass is 35.5. The van der Waals surface area contributed by atoms with E-state index >= 15 is 0 Å². The molecule has 6 heteroatoms. The van der Waals surface area contributed by atoms with Crippen molar-refractivity contribution in [3.05, 3.63) is 69.7 Å². The van der Waals surface area contributed by atoms with Gasteiger partial charge in [-0.15, -0.1) is 0 Å². The molecule has 28 heavy (non-hydrogen) atoms. The minimum Gasteiger partial charge on any atom is -0.354 e. The molecule has 150 valence electrons. The van der Waals surface area contributed by atoms with Crippen LogP contribution in [0.4, 0.5) is 0 Å². The van der Waals surface area contributed by atoms with E-state index in [1.165, 1.54) is 0 Å². The van der Waals surface area contributed by atoms with Crippen LogP contribution in [0.2, 0.25) is 10.0 Å². The van der Waals surface area contributed by atoms with Gasteiger partial charge in [0.15, 0.2) is 0 Å². The SMILES string of the molecule is CCCNC(=O)[C@H](CC)N(Cc1ccc(Cl)c(Cl)c1)C(=O)Cc1ccccc1. The Labute approximate surface area is 176 Å². The molecule has 2 rings (SSSR count). The first-order chi connectivity index (χ1) is 13.5. The highest BCUT2D eigenvalue weighted by molar-refractivity contribution is 6.42. The quantitative estimate of drug-likeness (QED) is 0.628. The van der Waals surface area contributed by atoms with Gasteiger partial charge in [-0.25, -0.2) is 0 Å². The summed E-state index contributed by atoms with van der Waals surface area (Å²) in [4.78, 5) is 27.5. The summed E-state index contributed by atoms with van der Waals surface area (Å²) >= 11 is 12.1. The van der Waals surface area contributed by atoms with Crippen LogP contribution in [0.3, 0.4) is 0 Å². The van der Waals surface area contributed by atoms with E-state index in [1.807, 2.05) is 50.2 Å². The van der Waals surface area contributed by atoms with Crippen LogP contribution >= 0.6 is 23.2 Å². The van der Waals surface area contributed by atoms with E-state index in [0.29, 0.717) is 29.6 Å². The molecule has 0 saturated carbocycles. The van der Waals surface area contributed by atoms with Gasteiger partial charge in [0.05, 0.1) is 16.5 Å². The molecule has 0 unspecified atom stereocenters. The highest BCUT2D eigenvalue weighted by Crippen LogP contribution is 2.24. The summed E-state index contributed by atoms with van der Waals surface area (Å²) in [7, 11) is 0. The Morgan fingerprint density at radius 1 is 1.00 bits per heavy atom. The molecule has 4 nitrogen and oxygen atoms in total. The Morgan fingerprint density at radius 2 is 1.71 bits per heavy atom.